The zero-order chi connectivity index (χ0) is 48.4. The Morgan fingerprint density at radius 1 is 0.508 bits per heavy atom. The molecule has 0 aromatic carbocycles. The smallest absolute Gasteiger partial charge is 0.0850 e. The first-order valence-corrected chi connectivity index (χ1v) is 29.3. The van der Waals surface area contributed by atoms with Crippen molar-refractivity contribution in [1.29, 1.82) is 0 Å². The van der Waals surface area contributed by atoms with Gasteiger partial charge in [-0.15, -0.1) is 0 Å². The first-order chi connectivity index (χ1) is 24.6. The van der Waals surface area contributed by atoms with E-state index in [4.69, 9.17) is 0 Å². The van der Waals surface area contributed by atoms with Crippen LogP contribution in [0, 0.1) is 55.2 Å². The van der Waals surface area contributed by atoms with E-state index in [1.165, 1.54) is 25.7 Å². The summed E-state index contributed by atoms with van der Waals surface area (Å²) in [6, 6.07) is 0. The van der Waals surface area contributed by atoms with Crippen LogP contribution in [0.3, 0.4) is 0 Å². The number of hydrogen-bond donors (Lipinski definition) is 0. The van der Waals surface area contributed by atoms with Crippen LogP contribution in [0.1, 0.15) is 220 Å². The van der Waals surface area contributed by atoms with Crippen LogP contribution in [0.15, 0.2) is 0 Å². The molecule has 0 N–H and O–H groups in total. The summed E-state index contributed by atoms with van der Waals surface area (Å²) < 4.78 is 48.2. The number of rotatable bonds is 10. The topological polar surface area (TPSA) is 68.3 Å². The molecule has 0 aliphatic rings. The Morgan fingerprint density at radius 2 is 0.780 bits per heavy atom. The molecule has 361 valence electrons. The summed E-state index contributed by atoms with van der Waals surface area (Å²) in [4.78, 5) is 0. The molecule has 59 heavy (non-hydrogen) atoms. The Labute approximate surface area is 400 Å². The van der Waals surface area contributed by atoms with Crippen LogP contribution in [0.4, 0.5) is 0 Å². The van der Waals surface area contributed by atoms with Gasteiger partial charge < -0.3 is 11.0 Å². The van der Waals surface area contributed by atoms with E-state index in [-0.39, 0.29) is 57.1 Å². The molecule has 0 saturated heterocycles. The van der Waals surface area contributed by atoms with Gasteiger partial charge in [-0.05, 0) is 39.9 Å². The maximum atomic E-state index is 11.7. The van der Waals surface area contributed by atoms with Crippen LogP contribution >= 0.6 is 7.14 Å². The Kier molecular flexibility index (Phi) is 34.8. The van der Waals surface area contributed by atoms with E-state index in [1.807, 2.05) is 55.1 Å². The molecule has 0 aromatic rings. The summed E-state index contributed by atoms with van der Waals surface area (Å²) in [6.07, 6.45) is 9.16. The van der Waals surface area contributed by atoms with Crippen molar-refractivity contribution < 1.29 is 55.1 Å². The van der Waals surface area contributed by atoms with Crippen molar-refractivity contribution in [2.75, 3.05) is 42.0 Å². The van der Waals surface area contributed by atoms with Gasteiger partial charge in [0.15, 0.2) is 9.84 Å². The van der Waals surface area contributed by atoms with Crippen LogP contribution < -0.4 is 0 Å². The van der Waals surface area contributed by atoms with Gasteiger partial charge in [-0.2, -0.15) is 12.8 Å². The molecule has 1 atom stereocenters. The third kappa shape index (κ3) is 77.1. The van der Waals surface area contributed by atoms with Gasteiger partial charge in [0.1, 0.15) is 0 Å². The van der Waals surface area contributed by atoms with Gasteiger partial charge >= 0.3 is 88.5 Å². The molecule has 0 aliphatic heterocycles. The molecular formula is C50H108O4PS2VW-. The Balaban J connectivity index is -0.000000149. The summed E-state index contributed by atoms with van der Waals surface area (Å²) in [5.41, 5.74) is 2.21. The molecule has 1 unspecified atom stereocenters. The summed E-state index contributed by atoms with van der Waals surface area (Å²) >= 11 is 1.68. The first kappa shape index (κ1) is 72.1. The van der Waals surface area contributed by atoms with E-state index in [1.54, 1.807) is 23.3 Å². The van der Waals surface area contributed by atoms with Crippen LogP contribution in [-0.2, 0) is 63.1 Å². The molecule has 0 fully saturated rings. The second-order valence-corrected chi connectivity index (χ2v) is 37.3. The molecule has 0 bridgehead atoms. The maximum absolute atomic E-state index is 11.7. The minimum atomic E-state index is -2.90. The molecule has 1 radical (unpaired) electrons. The van der Waals surface area contributed by atoms with Gasteiger partial charge in [0.05, 0.1) is 18.6 Å². The largest absolute Gasteiger partial charge is 0.324 e. The molecule has 0 spiro atoms. The standard InChI is InChI=1S/C11H23.C11H22.C10H22O2S.C10H22OS.C8H19OP.V.W/c2*1-10(2,3)8-7-9-11(4,5)6;1-9(2,3)7-13(11,12)8-10(4,5)6;1-9(2,3)7-12(11)8-10(4,5)6;1-6-10(5,9)7-8(2,3)4;;/h7H,8-9H2,1-6H3;8-9H2,1-6H3;7-8H2,1-6H3;7-8H2,1-6H3;6-7H2,1-5H3;;/q-1;;;;;;. The zero-order valence-electron chi connectivity index (χ0n) is 45.4. The maximum Gasteiger partial charge on any atom is 0.0850 e. The second-order valence-electron chi connectivity index (χ2n) is 28.2. The summed E-state index contributed by atoms with van der Waals surface area (Å²) in [5.74, 6) is 2.17. The van der Waals surface area contributed by atoms with E-state index in [9.17, 15) is 17.2 Å². The zero-order valence-corrected chi connectivity index (χ0v) is 52.3. The third-order valence-corrected chi connectivity index (χ3v) is 15.9. The normalized spacial score (nSPS) is 14.4. The SMILES string of the molecule is CC(C)(C)CS(=O)(=O)CC(C)(C)C.CC(C)(C)CS(=O)CC(C)(C)C.CC(C)(C)C[CH-]CC(C)(C)C.CC(C)(C)C[C](=[W])CC(C)(C)C.CCP(C)(=O)CC(C)(C)C.[V]. The molecule has 0 saturated carbocycles. The van der Waals surface area contributed by atoms with Gasteiger partial charge in [-0.3, -0.25) is 4.21 Å². The Bertz CT molecular complexity index is 1180. The molecule has 0 aromatic heterocycles. The van der Waals surface area contributed by atoms with Crippen molar-refractivity contribution >= 4 is 31.7 Å². The second kappa shape index (κ2) is 28.5. The van der Waals surface area contributed by atoms with Crippen LogP contribution in [0.5, 0.6) is 0 Å². The van der Waals surface area contributed by atoms with Gasteiger partial charge in [0.25, 0.3) is 0 Å². The van der Waals surface area contributed by atoms with Gasteiger partial charge in [0.2, 0.25) is 0 Å². The van der Waals surface area contributed by atoms with E-state index in [0.29, 0.717) is 21.7 Å². The summed E-state index contributed by atoms with van der Waals surface area (Å²) in [7, 11) is -5.35. The predicted molar refractivity (Wildman–Crippen MR) is 268 cm³/mol. The van der Waals surface area contributed by atoms with E-state index >= 15 is 0 Å². The number of sulfone groups is 1. The molecule has 0 heterocycles. The van der Waals surface area contributed by atoms with Crippen LogP contribution in [-0.4, -0.2) is 58.5 Å². The Hall–Kier alpha value is 1.47. The fourth-order valence-electron chi connectivity index (χ4n) is 5.69. The molecule has 4 nitrogen and oxygen atoms in total. The molecule has 0 aliphatic carbocycles. The van der Waals surface area contributed by atoms with Crippen molar-refractivity contribution in [2.45, 2.75) is 220 Å². The van der Waals surface area contributed by atoms with E-state index in [0.717, 1.165) is 23.8 Å². The molecular weight excluding hydrogens is 994 g/mol. The number of hydrogen-bond acceptors (Lipinski definition) is 4. The predicted octanol–water partition coefficient (Wildman–Crippen LogP) is 16.0. The minimum absolute atomic E-state index is 0. The van der Waals surface area contributed by atoms with E-state index < -0.39 is 27.8 Å². The first-order valence-electron chi connectivity index (χ1n) is 22.0. The van der Waals surface area contributed by atoms with Crippen molar-refractivity contribution in [1.82, 2.24) is 0 Å². The quantitative estimate of drug-likeness (QED) is 0.161. The van der Waals surface area contributed by atoms with Crippen molar-refractivity contribution in [3.05, 3.63) is 6.42 Å². The molecule has 0 amide bonds. The van der Waals surface area contributed by atoms with Gasteiger partial charge in [0, 0.05) is 47.0 Å². The average molecular weight is 1100 g/mol. The minimum Gasteiger partial charge on any atom is -0.324 e. The van der Waals surface area contributed by atoms with Crippen LogP contribution in [0.2, 0.25) is 0 Å². The van der Waals surface area contributed by atoms with E-state index in [2.05, 4.69) is 152 Å². The fourth-order valence-corrected chi connectivity index (χ4v) is 15.8. The van der Waals surface area contributed by atoms with Gasteiger partial charge in [-0.1, -0.05) is 163 Å². The fraction of sp³-hybridized carbons (Fsp3) is 0.960. The average Bonchev–Trinajstić information content (AvgIpc) is 2.74. The summed E-state index contributed by atoms with van der Waals surface area (Å²) in [6.45, 7) is 62.4. The third-order valence-electron chi connectivity index (χ3n) is 6.94. The molecule has 0 rings (SSSR count). The monoisotopic (exact) mass is 1100 g/mol. The van der Waals surface area contributed by atoms with Crippen molar-refractivity contribution in [3.63, 3.8) is 0 Å². The van der Waals surface area contributed by atoms with Crippen LogP contribution in [0.25, 0.3) is 0 Å². The van der Waals surface area contributed by atoms with Gasteiger partial charge in [-0.25, -0.2) is 8.42 Å². The van der Waals surface area contributed by atoms with Crippen molar-refractivity contribution in [3.8, 4) is 0 Å². The molecule has 9 heteroatoms. The summed E-state index contributed by atoms with van der Waals surface area (Å²) in [5, 5.41) is 0. The Morgan fingerprint density at radius 3 is 0.932 bits per heavy atom. The van der Waals surface area contributed by atoms with Crippen molar-refractivity contribution in [2.24, 2.45) is 48.7 Å².